The standard InChI is InChI=1S/C21H24N4O6S2/c1-14(2)31-18-4-3-15(33(28,29)25-6-8-30-9-7-25)11-17(18)23-19(26)12-24-13-22-20-16(21(24)27)5-10-32-20/h3-5,10-11,13-14H,6-9,12H2,1-2H3,(H,23,26). The molecule has 1 aliphatic rings. The number of hydrogen-bond donors (Lipinski definition) is 1. The third kappa shape index (κ3) is 5.08. The van der Waals surface area contributed by atoms with E-state index in [4.69, 9.17) is 9.47 Å². The molecule has 1 saturated heterocycles. The van der Waals surface area contributed by atoms with Crippen LogP contribution in [0.1, 0.15) is 13.8 Å². The smallest absolute Gasteiger partial charge is 0.262 e. The number of thiophene rings is 1. The number of morpholine rings is 1. The summed E-state index contributed by atoms with van der Waals surface area (Å²) < 4.78 is 39.7. The van der Waals surface area contributed by atoms with Gasteiger partial charge in [0, 0.05) is 13.1 Å². The summed E-state index contributed by atoms with van der Waals surface area (Å²) in [5.74, 6) is -0.180. The molecule has 3 heterocycles. The molecule has 1 fully saturated rings. The number of benzene rings is 1. The fourth-order valence-corrected chi connectivity index (χ4v) is 5.57. The molecule has 0 saturated carbocycles. The number of rotatable bonds is 7. The Morgan fingerprint density at radius 2 is 2.03 bits per heavy atom. The molecule has 4 rings (SSSR count). The molecule has 1 N–H and O–H groups in total. The second-order valence-corrected chi connectivity index (χ2v) is 10.5. The van der Waals surface area contributed by atoms with Crippen molar-refractivity contribution in [3.8, 4) is 5.75 Å². The van der Waals surface area contributed by atoms with Crippen molar-refractivity contribution in [1.82, 2.24) is 13.9 Å². The van der Waals surface area contributed by atoms with Crippen LogP contribution in [0.15, 0.2) is 45.7 Å². The van der Waals surface area contributed by atoms with E-state index < -0.39 is 15.9 Å². The number of aromatic nitrogens is 2. The minimum Gasteiger partial charge on any atom is -0.489 e. The summed E-state index contributed by atoms with van der Waals surface area (Å²) in [5, 5.41) is 4.90. The van der Waals surface area contributed by atoms with E-state index in [-0.39, 0.29) is 41.9 Å². The summed E-state index contributed by atoms with van der Waals surface area (Å²) in [6.45, 7) is 4.55. The molecule has 10 nitrogen and oxygen atoms in total. The number of fused-ring (bicyclic) bond motifs is 1. The summed E-state index contributed by atoms with van der Waals surface area (Å²) in [6, 6.07) is 6.02. The van der Waals surface area contributed by atoms with E-state index in [1.165, 1.54) is 44.7 Å². The molecule has 12 heteroatoms. The fourth-order valence-electron chi connectivity index (χ4n) is 3.41. The number of anilines is 1. The van der Waals surface area contributed by atoms with Gasteiger partial charge < -0.3 is 14.8 Å². The topological polar surface area (TPSA) is 120 Å². The number of carbonyl (C=O) groups excluding carboxylic acids is 1. The van der Waals surface area contributed by atoms with Gasteiger partial charge in [-0.05, 0) is 43.5 Å². The Balaban J connectivity index is 1.61. The number of sulfonamides is 1. The Morgan fingerprint density at radius 3 is 2.76 bits per heavy atom. The molecule has 0 aliphatic carbocycles. The van der Waals surface area contributed by atoms with Crippen LogP contribution in [0.5, 0.6) is 5.75 Å². The number of nitrogens with zero attached hydrogens (tertiary/aromatic N) is 3. The molecule has 1 amide bonds. The quantitative estimate of drug-likeness (QED) is 0.535. The van der Waals surface area contributed by atoms with E-state index in [1.807, 2.05) is 13.8 Å². The highest BCUT2D eigenvalue weighted by molar-refractivity contribution is 7.89. The highest BCUT2D eigenvalue weighted by Gasteiger charge is 2.27. The minimum atomic E-state index is -3.77. The zero-order valence-electron chi connectivity index (χ0n) is 18.2. The van der Waals surface area contributed by atoms with Crippen LogP contribution in [-0.2, 0) is 26.1 Å². The van der Waals surface area contributed by atoms with Crippen LogP contribution in [0.4, 0.5) is 5.69 Å². The predicted octanol–water partition coefficient (Wildman–Crippen LogP) is 1.90. The molecule has 176 valence electrons. The summed E-state index contributed by atoms with van der Waals surface area (Å²) in [4.78, 5) is 30.2. The number of hydrogen-bond acceptors (Lipinski definition) is 8. The first kappa shape index (κ1) is 23.4. The van der Waals surface area contributed by atoms with Gasteiger partial charge in [-0.3, -0.25) is 14.2 Å². The normalized spacial score (nSPS) is 15.1. The average molecular weight is 493 g/mol. The largest absolute Gasteiger partial charge is 0.489 e. The third-order valence-electron chi connectivity index (χ3n) is 4.96. The van der Waals surface area contributed by atoms with E-state index >= 15 is 0 Å². The van der Waals surface area contributed by atoms with Crippen LogP contribution >= 0.6 is 11.3 Å². The molecule has 33 heavy (non-hydrogen) atoms. The number of carbonyl (C=O) groups is 1. The van der Waals surface area contributed by atoms with Gasteiger partial charge in [-0.1, -0.05) is 0 Å². The molecule has 0 radical (unpaired) electrons. The van der Waals surface area contributed by atoms with Crippen molar-refractivity contribution in [2.24, 2.45) is 0 Å². The van der Waals surface area contributed by atoms with Crippen molar-refractivity contribution in [2.45, 2.75) is 31.4 Å². The number of amides is 1. The first-order valence-corrected chi connectivity index (χ1v) is 12.7. The lowest BCUT2D eigenvalue weighted by Crippen LogP contribution is -2.40. The Hall–Kier alpha value is -2.80. The highest BCUT2D eigenvalue weighted by atomic mass is 32.2. The van der Waals surface area contributed by atoms with E-state index in [0.717, 1.165) is 0 Å². The van der Waals surface area contributed by atoms with Gasteiger partial charge in [-0.15, -0.1) is 11.3 Å². The second-order valence-electron chi connectivity index (χ2n) is 7.71. The van der Waals surface area contributed by atoms with Gasteiger partial charge in [-0.25, -0.2) is 13.4 Å². The van der Waals surface area contributed by atoms with Gasteiger partial charge in [0.2, 0.25) is 15.9 Å². The van der Waals surface area contributed by atoms with E-state index in [0.29, 0.717) is 29.2 Å². The van der Waals surface area contributed by atoms with Gasteiger partial charge in [0.05, 0.1) is 41.6 Å². The lowest BCUT2D eigenvalue weighted by atomic mass is 10.2. The Labute approximate surface area is 194 Å². The van der Waals surface area contributed by atoms with E-state index in [1.54, 1.807) is 11.4 Å². The van der Waals surface area contributed by atoms with Crippen molar-refractivity contribution in [3.05, 3.63) is 46.3 Å². The number of ether oxygens (including phenoxy) is 2. The van der Waals surface area contributed by atoms with Crippen molar-refractivity contribution >= 4 is 43.2 Å². The van der Waals surface area contributed by atoms with Crippen molar-refractivity contribution in [2.75, 3.05) is 31.6 Å². The van der Waals surface area contributed by atoms with Crippen LogP contribution in [0, 0.1) is 0 Å². The SMILES string of the molecule is CC(C)Oc1ccc(S(=O)(=O)N2CCOCC2)cc1NC(=O)Cn1cnc2sccc2c1=O. The molecular weight excluding hydrogens is 468 g/mol. The van der Waals surface area contributed by atoms with Crippen LogP contribution in [0.25, 0.3) is 10.2 Å². The lowest BCUT2D eigenvalue weighted by molar-refractivity contribution is -0.116. The predicted molar refractivity (Wildman–Crippen MR) is 124 cm³/mol. The van der Waals surface area contributed by atoms with Crippen molar-refractivity contribution < 1.29 is 22.7 Å². The first-order chi connectivity index (χ1) is 15.8. The second kappa shape index (κ2) is 9.59. The molecule has 0 spiro atoms. The third-order valence-corrected chi connectivity index (χ3v) is 7.68. The highest BCUT2D eigenvalue weighted by Crippen LogP contribution is 2.30. The fraction of sp³-hybridized carbons (Fsp3) is 0.381. The summed E-state index contributed by atoms with van der Waals surface area (Å²) >= 11 is 1.34. The zero-order chi connectivity index (χ0) is 23.6. The summed E-state index contributed by atoms with van der Waals surface area (Å²) in [6.07, 6.45) is 1.13. The maximum atomic E-state index is 13.1. The molecule has 0 unspecified atom stereocenters. The van der Waals surface area contributed by atoms with E-state index in [2.05, 4.69) is 10.3 Å². The molecule has 1 aromatic carbocycles. The van der Waals surface area contributed by atoms with Crippen LogP contribution < -0.4 is 15.6 Å². The lowest BCUT2D eigenvalue weighted by Gasteiger charge is -2.26. The Morgan fingerprint density at radius 1 is 1.27 bits per heavy atom. The Bertz CT molecular complexity index is 1330. The monoisotopic (exact) mass is 492 g/mol. The maximum Gasteiger partial charge on any atom is 0.262 e. The van der Waals surface area contributed by atoms with Crippen LogP contribution in [0.3, 0.4) is 0 Å². The van der Waals surface area contributed by atoms with Gasteiger partial charge in [0.25, 0.3) is 5.56 Å². The van der Waals surface area contributed by atoms with E-state index in [9.17, 15) is 18.0 Å². The van der Waals surface area contributed by atoms with Gasteiger partial charge in [0.15, 0.2) is 0 Å². The Kier molecular flexibility index (Phi) is 6.79. The van der Waals surface area contributed by atoms with Crippen molar-refractivity contribution in [1.29, 1.82) is 0 Å². The molecular formula is C21H24N4O6S2. The van der Waals surface area contributed by atoms with Crippen LogP contribution in [-0.4, -0.2) is 60.6 Å². The minimum absolute atomic E-state index is 0.0364. The molecule has 0 atom stereocenters. The zero-order valence-corrected chi connectivity index (χ0v) is 19.8. The van der Waals surface area contributed by atoms with Gasteiger partial charge in [0.1, 0.15) is 17.1 Å². The molecule has 3 aromatic rings. The number of nitrogens with one attached hydrogen (secondary N) is 1. The van der Waals surface area contributed by atoms with Crippen LogP contribution in [0.2, 0.25) is 0 Å². The molecule has 1 aliphatic heterocycles. The summed E-state index contributed by atoms with van der Waals surface area (Å²) in [7, 11) is -3.77. The average Bonchev–Trinajstić information content (AvgIpc) is 3.27. The maximum absolute atomic E-state index is 13.1. The first-order valence-electron chi connectivity index (χ1n) is 10.4. The summed E-state index contributed by atoms with van der Waals surface area (Å²) in [5.41, 5.74) is -0.112. The molecule has 2 aromatic heterocycles. The van der Waals surface area contributed by atoms with Gasteiger partial charge >= 0.3 is 0 Å². The van der Waals surface area contributed by atoms with Crippen molar-refractivity contribution in [3.63, 3.8) is 0 Å². The molecule has 0 bridgehead atoms. The van der Waals surface area contributed by atoms with Gasteiger partial charge in [-0.2, -0.15) is 4.31 Å².